The SMILES string of the molecule is CCCCCOC(C)OC(C)C1CNCCO1. The largest absolute Gasteiger partial charge is 0.373 e. The van der Waals surface area contributed by atoms with Gasteiger partial charge in [0.05, 0.1) is 18.8 Å². The molecule has 0 radical (unpaired) electrons. The molecule has 0 saturated carbocycles. The molecule has 0 amide bonds. The lowest BCUT2D eigenvalue weighted by Crippen LogP contribution is -2.46. The van der Waals surface area contributed by atoms with E-state index >= 15 is 0 Å². The molecule has 0 spiro atoms. The van der Waals surface area contributed by atoms with Gasteiger partial charge in [-0.1, -0.05) is 19.8 Å². The third-order valence-electron chi connectivity index (χ3n) is 2.99. The summed E-state index contributed by atoms with van der Waals surface area (Å²) in [6.45, 7) is 9.54. The lowest BCUT2D eigenvalue weighted by atomic mass is 10.2. The van der Waals surface area contributed by atoms with Crippen LogP contribution >= 0.6 is 0 Å². The molecule has 1 rings (SSSR count). The van der Waals surface area contributed by atoms with Crippen molar-refractivity contribution in [3.63, 3.8) is 0 Å². The van der Waals surface area contributed by atoms with Crippen LogP contribution in [0.15, 0.2) is 0 Å². The summed E-state index contributed by atoms with van der Waals surface area (Å²) in [5, 5.41) is 3.30. The summed E-state index contributed by atoms with van der Waals surface area (Å²) in [6.07, 6.45) is 3.62. The minimum absolute atomic E-state index is 0.0731. The van der Waals surface area contributed by atoms with Crippen LogP contribution in [0.2, 0.25) is 0 Å². The maximum absolute atomic E-state index is 5.78. The molecule has 102 valence electrons. The number of hydrogen-bond acceptors (Lipinski definition) is 4. The van der Waals surface area contributed by atoms with Gasteiger partial charge in [-0.2, -0.15) is 0 Å². The summed E-state index contributed by atoms with van der Waals surface area (Å²) in [5.41, 5.74) is 0. The molecule has 1 fully saturated rings. The number of hydrogen-bond donors (Lipinski definition) is 1. The van der Waals surface area contributed by atoms with Gasteiger partial charge in [0.2, 0.25) is 0 Å². The van der Waals surface area contributed by atoms with Gasteiger partial charge in [-0.15, -0.1) is 0 Å². The van der Waals surface area contributed by atoms with Crippen molar-refractivity contribution in [2.24, 2.45) is 0 Å². The Morgan fingerprint density at radius 3 is 2.82 bits per heavy atom. The zero-order valence-corrected chi connectivity index (χ0v) is 11.4. The Morgan fingerprint density at radius 2 is 2.18 bits per heavy atom. The molecule has 0 aromatic carbocycles. The first-order chi connectivity index (χ1) is 8.24. The Kier molecular flexibility index (Phi) is 7.77. The van der Waals surface area contributed by atoms with E-state index < -0.39 is 0 Å². The van der Waals surface area contributed by atoms with Crippen molar-refractivity contribution in [2.75, 3.05) is 26.3 Å². The molecule has 1 heterocycles. The van der Waals surface area contributed by atoms with Crippen LogP contribution in [0, 0.1) is 0 Å². The van der Waals surface area contributed by atoms with E-state index in [4.69, 9.17) is 14.2 Å². The second kappa shape index (κ2) is 8.86. The Hall–Kier alpha value is -0.160. The van der Waals surface area contributed by atoms with Crippen LogP contribution in [0.5, 0.6) is 0 Å². The van der Waals surface area contributed by atoms with Crippen molar-refractivity contribution < 1.29 is 14.2 Å². The fraction of sp³-hybridized carbons (Fsp3) is 1.00. The van der Waals surface area contributed by atoms with Crippen LogP contribution < -0.4 is 5.32 Å². The maximum Gasteiger partial charge on any atom is 0.155 e. The lowest BCUT2D eigenvalue weighted by Gasteiger charge is -2.30. The number of nitrogens with one attached hydrogen (secondary N) is 1. The molecule has 3 unspecified atom stereocenters. The third kappa shape index (κ3) is 6.36. The van der Waals surface area contributed by atoms with E-state index in [1.54, 1.807) is 0 Å². The molecule has 0 aromatic heterocycles. The summed E-state index contributed by atoms with van der Waals surface area (Å²) in [5.74, 6) is 0. The third-order valence-corrected chi connectivity index (χ3v) is 2.99. The molecule has 0 aliphatic carbocycles. The molecule has 0 aromatic rings. The maximum atomic E-state index is 5.78. The van der Waals surface area contributed by atoms with Crippen LogP contribution in [-0.2, 0) is 14.2 Å². The monoisotopic (exact) mass is 245 g/mol. The molecular weight excluding hydrogens is 218 g/mol. The zero-order chi connectivity index (χ0) is 12.5. The molecule has 1 N–H and O–H groups in total. The van der Waals surface area contributed by atoms with Crippen molar-refractivity contribution in [3.8, 4) is 0 Å². The van der Waals surface area contributed by atoms with Gasteiger partial charge >= 0.3 is 0 Å². The van der Waals surface area contributed by atoms with Crippen molar-refractivity contribution >= 4 is 0 Å². The molecule has 1 aliphatic rings. The van der Waals surface area contributed by atoms with E-state index in [-0.39, 0.29) is 18.5 Å². The molecule has 4 heteroatoms. The zero-order valence-electron chi connectivity index (χ0n) is 11.4. The van der Waals surface area contributed by atoms with Crippen LogP contribution in [0.3, 0.4) is 0 Å². The van der Waals surface area contributed by atoms with E-state index in [1.807, 2.05) is 13.8 Å². The highest BCUT2D eigenvalue weighted by Gasteiger charge is 2.22. The first-order valence-electron chi connectivity index (χ1n) is 6.83. The average molecular weight is 245 g/mol. The summed E-state index contributed by atoms with van der Waals surface area (Å²) in [4.78, 5) is 0. The van der Waals surface area contributed by atoms with E-state index in [9.17, 15) is 0 Å². The number of ether oxygens (including phenoxy) is 3. The smallest absolute Gasteiger partial charge is 0.155 e. The second-order valence-corrected chi connectivity index (χ2v) is 4.60. The quantitative estimate of drug-likeness (QED) is 0.524. The van der Waals surface area contributed by atoms with Crippen molar-refractivity contribution in [1.82, 2.24) is 5.32 Å². The average Bonchev–Trinajstić information content (AvgIpc) is 2.36. The van der Waals surface area contributed by atoms with Crippen molar-refractivity contribution in [3.05, 3.63) is 0 Å². The topological polar surface area (TPSA) is 39.7 Å². The predicted molar refractivity (Wildman–Crippen MR) is 68.1 cm³/mol. The van der Waals surface area contributed by atoms with Crippen LogP contribution in [-0.4, -0.2) is 44.8 Å². The highest BCUT2D eigenvalue weighted by atomic mass is 16.7. The summed E-state index contributed by atoms with van der Waals surface area (Å²) in [6, 6.07) is 0. The number of morpholine rings is 1. The highest BCUT2D eigenvalue weighted by molar-refractivity contribution is 4.73. The van der Waals surface area contributed by atoms with Gasteiger partial charge in [-0.25, -0.2) is 0 Å². The molecular formula is C13H27NO3. The fourth-order valence-electron chi connectivity index (χ4n) is 1.92. The van der Waals surface area contributed by atoms with E-state index in [1.165, 1.54) is 12.8 Å². The second-order valence-electron chi connectivity index (χ2n) is 4.60. The van der Waals surface area contributed by atoms with Crippen LogP contribution in [0.4, 0.5) is 0 Å². The standard InChI is InChI=1S/C13H27NO3/c1-4-5-6-8-15-12(3)17-11(2)13-10-14-7-9-16-13/h11-14H,4-10H2,1-3H3. The van der Waals surface area contributed by atoms with Crippen molar-refractivity contribution in [2.45, 2.75) is 58.5 Å². The first-order valence-corrected chi connectivity index (χ1v) is 6.83. The fourth-order valence-corrected chi connectivity index (χ4v) is 1.92. The highest BCUT2D eigenvalue weighted by Crippen LogP contribution is 2.10. The van der Waals surface area contributed by atoms with Gasteiger partial charge in [0.25, 0.3) is 0 Å². The van der Waals surface area contributed by atoms with Gasteiger partial charge in [0, 0.05) is 19.7 Å². The van der Waals surface area contributed by atoms with Gasteiger partial charge in [-0.3, -0.25) is 0 Å². The molecule has 4 nitrogen and oxygen atoms in total. The minimum atomic E-state index is -0.146. The minimum Gasteiger partial charge on any atom is -0.373 e. The van der Waals surface area contributed by atoms with Crippen molar-refractivity contribution in [1.29, 1.82) is 0 Å². The Balaban J connectivity index is 2.09. The van der Waals surface area contributed by atoms with E-state index in [0.717, 1.165) is 32.7 Å². The first kappa shape index (κ1) is 14.9. The van der Waals surface area contributed by atoms with Crippen LogP contribution in [0.25, 0.3) is 0 Å². The molecule has 0 bridgehead atoms. The van der Waals surface area contributed by atoms with E-state index in [2.05, 4.69) is 12.2 Å². The summed E-state index contributed by atoms with van der Waals surface area (Å²) < 4.78 is 17.0. The van der Waals surface area contributed by atoms with E-state index in [0.29, 0.717) is 0 Å². The Labute approximate surface area is 105 Å². The summed E-state index contributed by atoms with van der Waals surface area (Å²) in [7, 11) is 0. The molecule has 3 atom stereocenters. The molecule has 17 heavy (non-hydrogen) atoms. The van der Waals surface area contributed by atoms with Gasteiger partial charge < -0.3 is 19.5 Å². The Morgan fingerprint density at radius 1 is 1.35 bits per heavy atom. The number of unbranched alkanes of at least 4 members (excludes halogenated alkanes) is 2. The van der Waals surface area contributed by atoms with Crippen LogP contribution in [0.1, 0.15) is 40.0 Å². The normalized spacial score (nSPS) is 24.5. The Bertz CT molecular complexity index is 184. The molecule has 1 aliphatic heterocycles. The van der Waals surface area contributed by atoms with Gasteiger partial charge in [0.15, 0.2) is 6.29 Å². The predicted octanol–water partition coefficient (Wildman–Crippen LogP) is 1.93. The summed E-state index contributed by atoms with van der Waals surface area (Å²) >= 11 is 0. The van der Waals surface area contributed by atoms with Gasteiger partial charge in [-0.05, 0) is 20.3 Å². The van der Waals surface area contributed by atoms with Gasteiger partial charge in [0.1, 0.15) is 0 Å². The molecule has 1 saturated heterocycles. The lowest BCUT2D eigenvalue weighted by molar-refractivity contribution is -0.187. The number of rotatable bonds is 8.